The van der Waals surface area contributed by atoms with Crippen molar-refractivity contribution in [2.45, 2.75) is 32.5 Å². The molecule has 0 fully saturated rings. The Kier molecular flexibility index (Phi) is 3.83. The van der Waals surface area contributed by atoms with Crippen molar-refractivity contribution in [3.8, 4) is 0 Å². The second-order valence-electron chi connectivity index (χ2n) is 4.76. The number of cyclic esters (lactones) is 1. The number of nitrogens with zero attached hydrogens (tertiary/aromatic N) is 1. The number of halogens is 3. The van der Waals surface area contributed by atoms with E-state index in [2.05, 4.69) is 4.99 Å². The largest absolute Gasteiger partial charge is 0.416 e. The molecule has 0 saturated heterocycles. The van der Waals surface area contributed by atoms with Gasteiger partial charge < -0.3 is 4.74 Å². The molecule has 6 heteroatoms. The Hall–Kier alpha value is -1.85. The highest BCUT2D eigenvalue weighted by Gasteiger charge is 2.34. The molecule has 2 rings (SSSR count). The Bertz CT molecular complexity index is 534. The van der Waals surface area contributed by atoms with Crippen molar-refractivity contribution in [3.05, 3.63) is 35.4 Å². The van der Waals surface area contributed by atoms with Crippen LogP contribution in [0.25, 0.3) is 0 Å². The number of carbonyl (C=O) groups is 1. The highest BCUT2D eigenvalue weighted by atomic mass is 19.4. The number of esters is 1. The minimum absolute atomic E-state index is 0.0365. The fourth-order valence-corrected chi connectivity index (χ4v) is 1.88. The summed E-state index contributed by atoms with van der Waals surface area (Å²) >= 11 is 0. The number of ether oxygens (including phenoxy) is 1. The van der Waals surface area contributed by atoms with Gasteiger partial charge in [-0.15, -0.1) is 0 Å². The van der Waals surface area contributed by atoms with Gasteiger partial charge in [0, 0.05) is 5.56 Å². The number of hydrogen-bond donors (Lipinski definition) is 0. The lowest BCUT2D eigenvalue weighted by Crippen LogP contribution is -2.22. The maximum atomic E-state index is 12.5. The quantitative estimate of drug-likeness (QED) is 0.798. The molecule has 2 unspecified atom stereocenters. The third-order valence-corrected chi connectivity index (χ3v) is 3.34. The Morgan fingerprint density at radius 3 is 2.40 bits per heavy atom. The third kappa shape index (κ3) is 2.84. The van der Waals surface area contributed by atoms with Gasteiger partial charge in [-0.3, -0.25) is 0 Å². The first-order valence-electron chi connectivity index (χ1n) is 6.30. The third-order valence-electron chi connectivity index (χ3n) is 3.34. The summed E-state index contributed by atoms with van der Waals surface area (Å²) in [7, 11) is 0. The Labute approximate surface area is 114 Å². The molecule has 0 aromatic heterocycles. The van der Waals surface area contributed by atoms with Crippen LogP contribution in [0.2, 0.25) is 0 Å². The maximum Gasteiger partial charge on any atom is 0.416 e. The molecule has 0 saturated carbocycles. The van der Waals surface area contributed by atoms with Crippen molar-refractivity contribution >= 4 is 11.9 Å². The van der Waals surface area contributed by atoms with Crippen LogP contribution in [-0.2, 0) is 15.7 Å². The van der Waals surface area contributed by atoms with Gasteiger partial charge in [0.25, 0.3) is 0 Å². The lowest BCUT2D eigenvalue weighted by molar-refractivity contribution is -0.138. The molecule has 0 aliphatic carbocycles. The molecule has 108 valence electrons. The minimum atomic E-state index is -4.38. The molecule has 1 aromatic rings. The van der Waals surface area contributed by atoms with E-state index in [0.29, 0.717) is 5.56 Å². The van der Waals surface area contributed by atoms with Crippen LogP contribution in [0.3, 0.4) is 0 Å². The van der Waals surface area contributed by atoms with E-state index in [-0.39, 0.29) is 11.8 Å². The molecule has 1 aliphatic rings. The maximum absolute atomic E-state index is 12.5. The number of alkyl halides is 3. The average molecular weight is 285 g/mol. The van der Waals surface area contributed by atoms with Crippen molar-refractivity contribution in [3.63, 3.8) is 0 Å². The summed E-state index contributed by atoms with van der Waals surface area (Å²) in [6.45, 7) is 3.81. The molecule has 0 amide bonds. The van der Waals surface area contributed by atoms with E-state index in [4.69, 9.17) is 4.74 Å². The van der Waals surface area contributed by atoms with Crippen molar-refractivity contribution in [2.75, 3.05) is 0 Å². The summed E-state index contributed by atoms with van der Waals surface area (Å²) < 4.78 is 42.4. The van der Waals surface area contributed by atoms with E-state index >= 15 is 0 Å². The van der Waals surface area contributed by atoms with E-state index in [9.17, 15) is 18.0 Å². The molecule has 1 aromatic carbocycles. The molecule has 0 radical (unpaired) electrons. The highest BCUT2D eigenvalue weighted by Crippen LogP contribution is 2.29. The van der Waals surface area contributed by atoms with E-state index < -0.39 is 23.8 Å². The molecule has 2 atom stereocenters. The Balaban J connectivity index is 2.23. The van der Waals surface area contributed by atoms with Crippen LogP contribution in [0.1, 0.15) is 31.4 Å². The molecule has 1 heterocycles. The average Bonchev–Trinajstić information content (AvgIpc) is 2.79. The van der Waals surface area contributed by atoms with Crippen molar-refractivity contribution in [1.82, 2.24) is 0 Å². The Morgan fingerprint density at radius 1 is 1.30 bits per heavy atom. The fraction of sp³-hybridized carbons (Fsp3) is 0.429. The van der Waals surface area contributed by atoms with E-state index in [1.54, 1.807) is 0 Å². The second kappa shape index (κ2) is 5.26. The number of carbonyl (C=O) groups excluding carboxylic acids is 1. The normalized spacial score (nSPS) is 20.6. The minimum Gasteiger partial charge on any atom is -0.406 e. The summed E-state index contributed by atoms with van der Waals surface area (Å²) in [6, 6.07) is 3.84. The predicted octanol–water partition coefficient (Wildman–Crippen LogP) is 3.42. The zero-order chi connectivity index (χ0) is 14.9. The summed E-state index contributed by atoms with van der Waals surface area (Å²) in [6.07, 6.45) is -3.62. The van der Waals surface area contributed by atoms with Gasteiger partial charge in [-0.05, 0) is 30.2 Å². The van der Waals surface area contributed by atoms with Crippen molar-refractivity contribution < 1.29 is 22.7 Å². The topological polar surface area (TPSA) is 38.7 Å². The standard InChI is InChI=1S/C14H14F3NO2/c1-3-8(2)11-13(19)20-12(18-11)9-4-6-10(7-5-9)14(15,16)17/h4-8,11H,3H2,1-2H3. The van der Waals surface area contributed by atoms with Gasteiger partial charge >= 0.3 is 12.1 Å². The van der Waals surface area contributed by atoms with Crippen molar-refractivity contribution in [1.29, 1.82) is 0 Å². The number of rotatable bonds is 3. The molecule has 1 aliphatic heterocycles. The van der Waals surface area contributed by atoms with Gasteiger partial charge in [-0.25, -0.2) is 9.79 Å². The predicted molar refractivity (Wildman–Crippen MR) is 67.3 cm³/mol. The first-order chi connectivity index (χ1) is 9.32. The molecule has 0 N–H and O–H groups in total. The van der Waals surface area contributed by atoms with Crippen LogP contribution in [0, 0.1) is 5.92 Å². The van der Waals surface area contributed by atoms with Gasteiger partial charge in [0.05, 0.1) is 5.56 Å². The SMILES string of the molecule is CCC(C)C1N=C(c2ccc(C(F)(F)F)cc2)OC1=O. The van der Waals surface area contributed by atoms with E-state index in [1.165, 1.54) is 12.1 Å². The Morgan fingerprint density at radius 2 is 1.90 bits per heavy atom. The number of aliphatic imine (C=N–C) groups is 1. The van der Waals surface area contributed by atoms with Gasteiger partial charge in [-0.1, -0.05) is 20.3 Å². The molecular formula is C14H14F3NO2. The zero-order valence-corrected chi connectivity index (χ0v) is 11.1. The van der Waals surface area contributed by atoms with Crippen molar-refractivity contribution in [2.24, 2.45) is 10.9 Å². The van der Waals surface area contributed by atoms with Crippen LogP contribution < -0.4 is 0 Å². The summed E-state index contributed by atoms with van der Waals surface area (Å²) in [5, 5.41) is 0. The number of hydrogen-bond acceptors (Lipinski definition) is 3. The second-order valence-corrected chi connectivity index (χ2v) is 4.76. The first kappa shape index (κ1) is 14.6. The van der Waals surface area contributed by atoms with Gasteiger partial charge in [0.15, 0.2) is 6.04 Å². The lowest BCUT2D eigenvalue weighted by Gasteiger charge is -2.09. The highest BCUT2D eigenvalue weighted by molar-refractivity contribution is 6.06. The first-order valence-corrected chi connectivity index (χ1v) is 6.30. The summed E-state index contributed by atoms with van der Waals surface area (Å²) in [5.74, 6) is -0.322. The van der Waals surface area contributed by atoms with Gasteiger partial charge in [-0.2, -0.15) is 13.2 Å². The molecule has 3 nitrogen and oxygen atoms in total. The fourth-order valence-electron chi connectivity index (χ4n) is 1.88. The monoisotopic (exact) mass is 285 g/mol. The van der Waals surface area contributed by atoms with Gasteiger partial charge in [0.2, 0.25) is 5.90 Å². The van der Waals surface area contributed by atoms with E-state index in [0.717, 1.165) is 18.6 Å². The van der Waals surface area contributed by atoms with Crippen LogP contribution in [-0.4, -0.2) is 17.9 Å². The van der Waals surface area contributed by atoms with Crippen LogP contribution in [0.5, 0.6) is 0 Å². The summed E-state index contributed by atoms with van der Waals surface area (Å²) in [5.41, 5.74) is -0.373. The zero-order valence-electron chi connectivity index (χ0n) is 11.1. The molecule has 0 bridgehead atoms. The van der Waals surface area contributed by atoms with Crippen LogP contribution in [0.15, 0.2) is 29.3 Å². The number of benzene rings is 1. The van der Waals surface area contributed by atoms with Crippen LogP contribution >= 0.6 is 0 Å². The van der Waals surface area contributed by atoms with Crippen LogP contribution in [0.4, 0.5) is 13.2 Å². The smallest absolute Gasteiger partial charge is 0.406 e. The van der Waals surface area contributed by atoms with E-state index in [1.807, 2.05) is 13.8 Å². The molecular weight excluding hydrogens is 271 g/mol. The molecule has 20 heavy (non-hydrogen) atoms. The lowest BCUT2D eigenvalue weighted by atomic mass is 10.0. The molecule has 0 spiro atoms. The summed E-state index contributed by atoms with van der Waals surface area (Å²) in [4.78, 5) is 15.8. The van der Waals surface area contributed by atoms with Gasteiger partial charge in [0.1, 0.15) is 0 Å².